The second kappa shape index (κ2) is 7.58. The van der Waals surface area contributed by atoms with Gasteiger partial charge < -0.3 is 9.47 Å². The average molecular weight is 312 g/mol. The number of rotatable bonds is 6. The molecule has 0 atom stereocenters. The molecule has 0 N–H and O–H groups in total. The largest absolute Gasteiger partial charge is 0.493 e. The fraction of sp³-hybridized carbons (Fsp3) is 0.263. The average Bonchev–Trinajstić information content (AvgIpc) is 2.53. The maximum Gasteiger partial charge on any atom is 0.343 e. The predicted molar refractivity (Wildman–Crippen MR) is 88.2 cm³/mol. The summed E-state index contributed by atoms with van der Waals surface area (Å²) < 4.78 is 10.9. The van der Waals surface area contributed by atoms with Gasteiger partial charge in [-0.05, 0) is 49.2 Å². The number of benzene rings is 2. The molecule has 0 aromatic heterocycles. The van der Waals surface area contributed by atoms with Crippen LogP contribution < -0.4 is 9.47 Å². The van der Waals surface area contributed by atoms with Crippen molar-refractivity contribution in [3.8, 4) is 11.5 Å². The first-order valence-electron chi connectivity index (χ1n) is 7.52. The van der Waals surface area contributed by atoms with Gasteiger partial charge in [0.05, 0.1) is 17.7 Å². The minimum Gasteiger partial charge on any atom is -0.493 e. The summed E-state index contributed by atoms with van der Waals surface area (Å²) in [5.74, 6) is 0.757. The van der Waals surface area contributed by atoms with Gasteiger partial charge in [0.15, 0.2) is 5.78 Å². The molecule has 0 amide bonds. The molecule has 2 aromatic carbocycles. The lowest BCUT2D eigenvalue weighted by Crippen LogP contribution is -2.11. The van der Waals surface area contributed by atoms with E-state index in [1.807, 2.05) is 0 Å². The van der Waals surface area contributed by atoms with Crippen molar-refractivity contribution >= 4 is 11.8 Å². The van der Waals surface area contributed by atoms with Gasteiger partial charge in [-0.1, -0.05) is 26.0 Å². The smallest absolute Gasteiger partial charge is 0.343 e. The Labute approximate surface area is 136 Å². The summed E-state index contributed by atoms with van der Waals surface area (Å²) in [4.78, 5) is 23.7. The van der Waals surface area contributed by atoms with Crippen LogP contribution in [0.4, 0.5) is 0 Å². The quantitative estimate of drug-likeness (QED) is 0.457. The van der Waals surface area contributed by atoms with Gasteiger partial charge in [0.1, 0.15) is 11.5 Å². The van der Waals surface area contributed by atoms with Crippen molar-refractivity contribution in [2.75, 3.05) is 6.61 Å². The van der Waals surface area contributed by atoms with Crippen LogP contribution in [0.15, 0.2) is 48.5 Å². The molecule has 0 unspecified atom stereocenters. The zero-order valence-corrected chi connectivity index (χ0v) is 13.5. The second-order valence-corrected chi connectivity index (χ2v) is 5.67. The Morgan fingerprint density at radius 2 is 1.65 bits per heavy atom. The Bertz CT molecular complexity index is 687. The number of Topliss-reactive ketones (excluding diaryl/α,β-unsaturated/α-hetero) is 1. The molecule has 0 saturated heterocycles. The number of hydrogen-bond donors (Lipinski definition) is 0. The van der Waals surface area contributed by atoms with Crippen molar-refractivity contribution in [3.63, 3.8) is 0 Å². The third-order valence-corrected chi connectivity index (χ3v) is 3.14. The molecule has 0 aliphatic rings. The molecule has 4 nitrogen and oxygen atoms in total. The second-order valence-electron chi connectivity index (χ2n) is 5.67. The van der Waals surface area contributed by atoms with Crippen molar-refractivity contribution in [1.82, 2.24) is 0 Å². The number of esters is 1. The van der Waals surface area contributed by atoms with E-state index in [9.17, 15) is 9.59 Å². The number of ether oxygens (including phenoxy) is 2. The van der Waals surface area contributed by atoms with Crippen LogP contribution in [-0.4, -0.2) is 18.4 Å². The van der Waals surface area contributed by atoms with Crippen LogP contribution in [0.2, 0.25) is 0 Å². The van der Waals surface area contributed by atoms with E-state index in [-0.39, 0.29) is 11.5 Å². The number of ketones is 1. The first-order valence-corrected chi connectivity index (χ1v) is 7.52. The summed E-state index contributed by atoms with van der Waals surface area (Å²) in [6.07, 6.45) is 0. The van der Waals surface area contributed by atoms with E-state index in [2.05, 4.69) is 13.8 Å². The summed E-state index contributed by atoms with van der Waals surface area (Å²) in [6.45, 7) is 6.19. The highest BCUT2D eigenvalue weighted by Gasteiger charge is 2.13. The SMILES string of the molecule is CC(=O)c1ccccc1OC(=O)c1ccc(OCC(C)C)cc1. The molecule has 0 heterocycles. The van der Waals surface area contributed by atoms with E-state index in [1.54, 1.807) is 48.5 Å². The van der Waals surface area contributed by atoms with Crippen LogP contribution in [-0.2, 0) is 0 Å². The van der Waals surface area contributed by atoms with Crippen molar-refractivity contribution in [1.29, 1.82) is 0 Å². The van der Waals surface area contributed by atoms with Gasteiger partial charge in [0.2, 0.25) is 0 Å². The molecule has 2 aromatic rings. The highest BCUT2D eigenvalue weighted by atomic mass is 16.5. The summed E-state index contributed by atoms with van der Waals surface area (Å²) >= 11 is 0. The first kappa shape index (κ1) is 16.7. The Morgan fingerprint density at radius 1 is 1.00 bits per heavy atom. The van der Waals surface area contributed by atoms with Crippen LogP contribution in [0.5, 0.6) is 11.5 Å². The van der Waals surface area contributed by atoms with Crippen molar-refractivity contribution in [2.45, 2.75) is 20.8 Å². The molecule has 0 fully saturated rings. The van der Waals surface area contributed by atoms with Crippen LogP contribution in [0.3, 0.4) is 0 Å². The van der Waals surface area contributed by atoms with E-state index in [0.717, 1.165) is 0 Å². The lowest BCUT2D eigenvalue weighted by molar-refractivity contribution is 0.0733. The number of carbonyl (C=O) groups is 2. The van der Waals surface area contributed by atoms with Gasteiger partial charge in [-0.25, -0.2) is 4.79 Å². The van der Waals surface area contributed by atoms with Gasteiger partial charge in [-0.3, -0.25) is 4.79 Å². The number of carbonyl (C=O) groups excluding carboxylic acids is 2. The molecule has 0 spiro atoms. The summed E-state index contributed by atoms with van der Waals surface area (Å²) in [5, 5.41) is 0. The Balaban J connectivity index is 2.08. The monoisotopic (exact) mass is 312 g/mol. The normalized spacial score (nSPS) is 10.4. The molecule has 0 radical (unpaired) electrons. The molecule has 23 heavy (non-hydrogen) atoms. The van der Waals surface area contributed by atoms with Gasteiger partial charge in [-0.2, -0.15) is 0 Å². The molecule has 0 aliphatic carbocycles. The maximum absolute atomic E-state index is 12.2. The van der Waals surface area contributed by atoms with E-state index in [4.69, 9.17) is 9.47 Å². The first-order chi connectivity index (χ1) is 11.0. The van der Waals surface area contributed by atoms with Crippen LogP contribution in [0.25, 0.3) is 0 Å². The number of hydrogen-bond acceptors (Lipinski definition) is 4. The van der Waals surface area contributed by atoms with E-state index < -0.39 is 5.97 Å². The predicted octanol–water partition coefficient (Wildman–Crippen LogP) is 4.14. The summed E-state index contributed by atoms with van der Waals surface area (Å²) in [5.41, 5.74) is 0.790. The molecular weight excluding hydrogens is 292 g/mol. The summed E-state index contributed by atoms with van der Waals surface area (Å²) in [6, 6.07) is 13.4. The van der Waals surface area contributed by atoms with Crippen LogP contribution in [0, 0.1) is 5.92 Å². The molecule has 0 saturated carbocycles. The highest BCUT2D eigenvalue weighted by Crippen LogP contribution is 2.21. The van der Waals surface area contributed by atoms with E-state index >= 15 is 0 Å². The lowest BCUT2D eigenvalue weighted by atomic mass is 10.1. The Hall–Kier alpha value is -2.62. The van der Waals surface area contributed by atoms with E-state index in [0.29, 0.717) is 29.4 Å². The molecular formula is C19H20O4. The van der Waals surface area contributed by atoms with Crippen LogP contribution >= 0.6 is 0 Å². The zero-order valence-electron chi connectivity index (χ0n) is 13.5. The third-order valence-electron chi connectivity index (χ3n) is 3.14. The lowest BCUT2D eigenvalue weighted by Gasteiger charge is -2.10. The van der Waals surface area contributed by atoms with Crippen LogP contribution in [0.1, 0.15) is 41.5 Å². The molecule has 4 heteroatoms. The number of para-hydroxylation sites is 1. The molecule has 120 valence electrons. The Kier molecular flexibility index (Phi) is 5.52. The molecule has 0 aliphatic heterocycles. The molecule has 0 bridgehead atoms. The van der Waals surface area contributed by atoms with Gasteiger partial charge in [0, 0.05) is 0 Å². The topological polar surface area (TPSA) is 52.6 Å². The maximum atomic E-state index is 12.2. The fourth-order valence-electron chi connectivity index (χ4n) is 1.96. The highest BCUT2D eigenvalue weighted by molar-refractivity contribution is 5.99. The van der Waals surface area contributed by atoms with Crippen molar-refractivity contribution in [3.05, 3.63) is 59.7 Å². The van der Waals surface area contributed by atoms with Crippen molar-refractivity contribution < 1.29 is 19.1 Å². The fourth-order valence-corrected chi connectivity index (χ4v) is 1.96. The van der Waals surface area contributed by atoms with Crippen molar-refractivity contribution in [2.24, 2.45) is 5.92 Å². The van der Waals surface area contributed by atoms with Gasteiger partial charge in [-0.15, -0.1) is 0 Å². The van der Waals surface area contributed by atoms with Gasteiger partial charge in [0.25, 0.3) is 0 Å². The minimum atomic E-state index is -0.505. The third kappa shape index (κ3) is 4.68. The van der Waals surface area contributed by atoms with E-state index in [1.165, 1.54) is 6.92 Å². The van der Waals surface area contributed by atoms with Gasteiger partial charge >= 0.3 is 5.97 Å². The standard InChI is InChI=1S/C19H20O4/c1-13(2)12-22-16-10-8-15(9-11-16)19(21)23-18-7-5-4-6-17(18)14(3)20/h4-11,13H,12H2,1-3H3. The summed E-state index contributed by atoms with van der Waals surface area (Å²) in [7, 11) is 0. The zero-order chi connectivity index (χ0) is 16.8. The minimum absolute atomic E-state index is 0.147. The molecule has 2 rings (SSSR count). The Morgan fingerprint density at radius 3 is 2.26 bits per heavy atom.